The fourth-order valence-electron chi connectivity index (χ4n) is 3.15. The van der Waals surface area contributed by atoms with Gasteiger partial charge in [-0.2, -0.15) is 0 Å². The van der Waals surface area contributed by atoms with Crippen LogP contribution in [0.3, 0.4) is 0 Å². The van der Waals surface area contributed by atoms with Gasteiger partial charge in [-0.25, -0.2) is 0 Å². The summed E-state index contributed by atoms with van der Waals surface area (Å²) < 4.78 is 0. The summed E-state index contributed by atoms with van der Waals surface area (Å²) in [6.45, 7) is 2.26. The van der Waals surface area contributed by atoms with Crippen LogP contribution in [0.2, 0.25) is 0 Å². The van der Waals surface area contributed by atoms with E-state index < -0.39 is 24.6 Å². The van der Waals surface area contributed by atoms with Crippen LogP contribution in [-0.2, 0) is 4.79 Å². The molecule has 0 aliphatic heterocycles. The van der Waals surface area contributed by atoms with Gasteiger partial charge in [-0.15, -0.1) is 5.92 Å². The van der Waals surface area contributed by atoms with Gasteiger partial charge in [0.25, 0.3) is 0 Å². The minimum absolute atomic E-state index is 0.477. The van der Waals surface area contributed by atoms with Crippen molar-refractivity contribution in [2.24, 2.45) is 0 Å². The van der Waals surface area contributed by atoms with E-state index in [1.54, 1.807) is 0 Å². The van der Waals surface area contributed by atoms with E-state index in [2.05, 4.69) is 18.8 Å². The van der Waals surface area contributed by atoms with Crippen molar-refractivity contribution in [3.05, 3.63) is 0 Å². The number of carboxylic acids is 1. The number of carbonyl (C=O) groups is 1. The Morgan fingerprint density at radius 3 is 1.56 bits per heavy atom. The van der Waals surface area contributed by atoms with E-state index in [-0.39, 0.29) is 0 Å². The zero-order valence-electron chi connectivity index (χ0n) is 17.4. The monoisotopic (exact) mass is 382 g/mol. The summed E-state index contributed by atoms with van der Waals surface area (Å²) in [6.07, 6.45) is 17.5. The largest absolute Gasteiger partial charge is 0.481 e. The van der Waals surface area contributed by atoms with E-state index in [1.165, 1.54) is 83.5 Å². The first-order valence-corrected chi connectivity index (χ1v) is 11.1. The molecule has 158 valence electrons. The molecule has 0 bridgehead atoms. The maximum absolute atomic E-state index is 10.4. The Labute approximate surface area is 166 Å². The standard InChI is InChI=1S/C23H42O4/c1-2-3-4-5-6-7-8-9-10-11-12-13-14-15-16-17-18-19-21(24)22(25)20-23(26)27/h21-22,24-25H,2-17,20H2,1H3,(H,26,27). The van der Waals surface area contributed by atoms with Crippen LogP contribution in [0.15, 0.2) is 0 Å². The Kier molecular flexibility index (Phi) is 18.9. The molecule has 2 unspecified atom stereocenters. The lowest BCUT2D eigenvalue weighted by molar-refractivity contribution is -0.140. The average Bonchev–Trinajstić information content (AvgIpc) is 2.63. The van der Waals surface area contributed by atoms with Crippen LogP contribution in [-0.4, -0.2) is 33.5 Å². The van der Waals surface area contributed by atoms with Crippen molar-refractivity contribution in [3.8, 4) is 11.8 Å². The molecule has 0 aliphatic carbocycles. The number of aliphatic carboxylic acids is 1. The van der Waals surface area contributed by atoms with Crippen molar-refractivity contribution in [2.45, 2.75) is 128 Å². The highest BCUT2D eigenvalue weighted by molar-refractivity contribution is 5.67. The van der Waals surface area contributed by atoms with Crippen LogP contribution in [0.25, 0.3) is 0 Å². The molecule has 0 rings (SSSR count). The first-order chi connectivity index (χ1) is 13.1. The summed E-state index contributed by atoms with van der Waals surface area (Å²) in [4.78, 5) is 10.4. The molecule has 0 heterocycles. The second-order valence-electron chi connectivity index (χ2n) is 7.63. The highest BCUT2D eigenvalue weighted by atomic mass is 16.4. The van der Waals surface area contributed by atoms with Gasteiger partial charge in [0.15, 0.2) is 0 Å². The summed E-state index contributed by atoms with van der Waals surface area (Å²) in [5.74, 6) is 4.23. The lowest BCUT2D eigenvalue weighted by Crippen LogP contribution is -2.26. The fraction of sp³-hybridized carbons (Fsp3) is 0.870. The van der Waals surface area contributed by atoms with E-state index >= 15 is 0 Å². The van der Waals surface area contributed by atoms with Crippen LogP contribution < -0.4 is 0 Å². The van der Waals surface area contributed by atoms with Crippen molar-refractivity contribution in [1.82, 2.24) is 0 Å². The topological polar surface area (TPSA) is 77.8 Å². The number of hydrogen-bond donors (Lipinski definition) is 3. The second-order valence-corrected chi connectivity index (χ2v) is 7.63. The maximum atomic E-state index is 10.4. The zero-order chi connectivity index (χ0) is 20.2. The average molecular weight is 383 g/mol. The van der Waals surface area contributed by atoms with Crippen LogP contribution >= 0.6 is 0 Å². The highest BCUT2D eigenvalue weighted by Crippen LogP contribution is 2.13. The number of carboxylic acid groups (broad SMARTS) is 1. The third-order valence-corrected chi connectivity index (χ3v) is 4.90. The van der Waals surface area contributed by atoms with E-state index in [0.717, 1.165) is 12.8 Å². The quantitative estimate of drug-likeness (QED) is 0.218. The molecule has 0 aromatic heterocycles. The van der Waals surface area contributed by atoms with Gasteiger partial charge in [0, 0.05) is 6.42 Å². The smallest absolute Gasteiger partial charge is 0.306 e. The number of aliphatic hydroxyl groups excluding tert-OH is 2. The molecule has 0 spiro atoms. The van der Waals surface area contributed by atoms with Crippen molar-refractivity contribution in [3.63, 3.8) is 0 Å². The van der Waals surface area contributed by atoms with Crippen LogP contribution in [0, 0.1) is 11.8 Å². The predicted octanol–water partition coefficient (Wildman–Crippen LogP) is 5.45. The van der Waals surface area contributed by atoms with Gasteiger partial charge < -0.3 is 15.3 Å². The third-order valence-electron chi connectivity index (χ3n) is 4.90. The number of aliphatic hydroxyl groups is 2. The van der Waals surface area contributed by atoms with Crippen molar-refractivity contribution < 1.29 is 20.1 Å². The Balaban J connectivity index is 3.30. The second kappa shape index (κ2) is 19.7. The van der Waals surface area contributed by atoms with Gasteiger partial charge in [-0.3, -0.25) is 4.79 Å². The Hall–Kier alpha value is -1.05. The van der Waals surface area contributed by atoms with Gasteiger partial charge in [0.2, 0.25) is 0 Å². The van der Waals surface area contributed by atoms with Gasteiger partial charge in [-0.05, 0) is 6.42 Å². The van der Waals surface area contributed by atoms with E-state index in [4.69, 9.17) is 5.11 Å². The number of hydrogen-bond acceptors (Lipinski definition) is 3. The normalized spacial score (nSPS) is 13.0. The zero-order valence-corrected chi connectivity index (χ0v) is 17.4. The summed E-state index contributed by atoms with van der Waals surface area (Å²) in [5, 5.41) is 27.4. The number of unbranched alkanes of at least 4 members (excludes halogenated alkanes) is 15. The van der Waals surface area contributed by atoms with Crippen LogP contribution in [0.4, 0.5) is 0 Å². The van der Waals surface area contributed by atoms with Gasteiger partial charge >= 0.3 is 5.97 Å². The maximum Gasteiger partial charge on any atom is 0.306 e. The van der Waals surface area contributed by atoms with E-state index in [0.29, 0.717) is 6.42 Å². The Morgan fingerprint density at radius 2 is 1.15 bits per heavy atom. The van der Waals surface area contributed by atoms with Crippen molar-refractivity contribution in [2.75, 3.05) is 0 Å². The van der Waals surface area contributed by atoms with Gasteiger partial charge in [0.1, 0.15) is 12.2 Å². The van der Waals surface area contributed by atoms with Crippen molar-refractivity contribution in [1.29, 1.82) is 0 Å². The molecule has 0 radical (unpaired) electrons. The lowest BCUT2D eigenvalue weighted by atomic mass is 10.0. The molecule has 0 fully saturated rings. The summed E-state index contributed by atoms with van der Waals surface area (Å²) in [6, 6.07) is 0. The molecule has 0 amide bonds. The molecular formula is C23H42O4. The molecular weight excluding hydrogens is 340 g/mol. The summed E-state index contributed by atoms with van der Waals surface area (Å²) in [5.41, 5.74) is 0. The molecule has 0 saturated heterocycles. The highest BCUT2D eigenvalue weighted by Gasteiger charge is 2.16. The first-order valence-electron chi connectivity index (χ1n) is 11.1. The summed E-state index contributed by atoms with van der Waals surface area (Å²) in [7, 11) is 0. The minimum atomic E-state index is -1.31. The molecule has 4 heteroatoms. The molecule has 4 nitrogen and oxygen atoms in total. The molecule has 0 aromatic carbocycles. The molecule has 27 heavy (non-hydrogen) atoms. The minimum Gasteiger partial charge on any atom is -0.481 e. The fourth-order valence-corrected chi connectivity index (χ4v) is 3.15. The molecule has 2 atom stereocenters. The van der Waals surface area contributed by atoms with Crippen molar-refractivity contribution >= 4 is 5.97 Å². The van der Waals surface area contributed by atoms with Crippen LogP contribution in [0.5, 0.6) is 0 Å². The SMILES string of the molecule is CCCCCCCCCCCCCCCCCC#CC(O)C(O)CC(=O)O. The van der Waals surface area contributed by atoms with E-state index in [9.17, 15) is 15.0 Å². The first kappa shape index (κ1) is 26.0. The third kappa shape index (κ3) is 19.5. The number of rotatable bonds is 18. The van der Waals surface area contributed by atoms with Gasteiger partial charge in [-0.1, -0.05) is 103 Å². The predicted molar refractivity (Wildman–Crippen MR) is 112 cm³/mol. The Bertz CT molecular complexity index is 397. The summed E-state index contributed by atoms with van der Waals surface area (Å²) >= 11 is 0. The lowest BCUT2D eigenvalue weighted by Gasteiger charge is -2.09. The van der Waals surface area contributed by atoms with E-state index in [1.807, 2.05) is 0 Å². The Morgan fingerprint density at radius 1 is 0.741 bits per heavy atom. The molecule has 0 aromatic rings. The molecule has 3 N–H and O–H groups in total. The van der Waals surface area contributed by atoms with Gasteiger partial charge in [0.05, 0.1) is 6.42 Å². The van der Waals surface area contributed by atoms with Crippen LogP contribution in [0.1, 0.15) is 116 Å². The molecule has 0 saturated carbocycles. The molecule has 0 aliphatic rings.